The summed E-state index contributed by atoms with van der Waals surface area (Å²) in [5.41, 5.74) is 4.10. The summed E-state index contributed by atoms with van der Waals surface area (Å²) in [4.78, 5) is 2.47. The van der Waals surface area contributed by atoms with Gasteiger partial charge in [0, 0.05) is 16.3 Å². The molecule has 0 unspecified atom stereocenters. The first-order chi connectivity index (χ1) is 11.3. The van der Waals surface area contributed by atoms with Crippen LogP contribution in [0.4, 0.5) is 0 Å². The Labute approximate surface area is 140 Å². The molecule has 4 heteroatoms. The molecule has 0 spiro atoms. The van der Waals surface area contributed by atoms with Crippen LogP contribution in [0.2, 0.25) is 0 Å². The Kier molecular flexibility index (Phi) is 4.02. The molecule has 2 aromatic rings. The summed E-state index contributed by atoms with van der Waals surface area (Å²) in [5.74, 6) is 1.67. The van der Waals surface area contributed by atoms with Crippen LogP contribution in [0.1, 0.15) is 17.5 Å². The van der Waals surface area contributed by atoms with Crippen LogP contribution >= 0.6 is 11.8 Å². The van der Waals surface area contributed by atoms with Crippen LogP contribution < -0.4 is 14.8 Å². The molecule has 2 heterocycles. The quantitative estimate of drug-likeness (QED) is 0.914. The molecule has 2 aliphatic heterocycles. The minimum absolute atomic E-state index is 0.319. The molecule has 0 saturated heterocycles. The lowest BCUT2D eigenvalue weighted by Crippen LogP contribution is -2.20. The first-order valence-electron chi connectivity index (χ1n) is 7.88. The van der Waals surface area contributed by atoms with E-state index in [0.29, 0.717) is 6.79 Å². The summed E-state index contributed by atoms with van der Waals surface area (Å²) < 4.78 is 10.9. The molecule has 0 amide bonds. The van der Waals surface area contributed by atoms with Crippen molar-refractivity contribution >= 4 is 17.3 Å². The molecule has 0 saturated carbocycles. The molecule has 0 aliphatic carbocycles. The van der Waals surface area contributed by atoms with E-state index in [-0.39, 0.29) is 0 Å². The van der Waals surface area contributed by atoms with Crippen molar-refractivity contribution in [3.05, 3.63) is 53.6 Å². The van der Waals surface area contributed by atoms with Crippen molar-refractivity contribution in [2.24, 2.45) is 0 Å². The molecule has 0 atom stereocenters. The van der Waals surface area contributed by atoms with E-state index < -0.39 is 0 Å². The third kappa shape index (κ3) is 3.09. The number of hydrogen-bond donors (Lipinski definition) is 1. The zero-order valence-corrected chi connectivity index (χ0v) is 13.9. The second-order valence-corrected chi connectivity index (χ2v) is 6.92. The Bertz CT molecular complexity index is 770. The molecule has 0 bridgehead atoms. The summed E-state index contributed by atoms with van der Waals surface area (Å²) in [6.45, 7) is 4.48. The molecule has 23 heavy (non-hydrogen) atoms. The van der Waals surface area contributed by atoms with Gasteiger partial charge in [-0.1, -0.05) is 35.5 Å². The zero-order valence-electron chi connectivity index (χ0n) is 13.1. The maximum atomic E-state index is 5.49. The van der Waals surface area contributed by atoms with Crippen LogP contribution in [0.5, 0.6) is 11.5 Å². The number of ether oxygens (including phenoxy) is 2. The molecule has 4 rings (SSSR count). The van der Waals surface area contributed by atoms with Gasteiger partial charge >= 0.3 is 0 Å². The Balaban J connectivity index is 1.67. The lowest BCUT2D eigenvalue weighted by molar-refractivity contribution is 0.174. The van der Waals surface area contributed by atoms with Crippen molar-refractivity contribution in [3.8, 4) is 11.5 Å². The van der Waals surface area contributed by atoms with Gasteiger partial charge in [0.2, 0.25) is 6.79 Å². The average Bonchev–Trinajstić information content (AvgIpc) is 3.05. The normalized spacial score (nSPS) is 16.3. The van der Waals surface area contributed by atoms with Crippen LogP contribution in [0.15, 0.2) is 52.3 Å². The number of hydrogen-bond acceptors (Lipinski definition) is 4. The highest BCUT2D eigenvalue weighted by Gasteiger charge is 2.16. The Morgan fingerprint density at radius 1 is 1.04 bits per heavy atom. The van der Waals surface area contributed by atoms with Gasteiger partial charge in [0.1, 0.15) is 0 Å². The highest BCUT2D eigenvalue weighted by Crippen LogP contribution is 2.40. The summed E-state index contributed by atoms with van der Waals surface area (Å²) in [7, 11) is 0. The Morgan fingerprint density at radius 2 is 1.96 bits per heavy atom. The molecule has 0 aromatic heterocycles. The van der Waals surface area contributed by atoms with Gasteiger partial charge in [0.05, 0.1) is 0 Å². The van der Waals surface area contributed by atoms with E-state index in [0.717, 1.165) is 31.0 Å². The maximum Gasteiger partial charge on any atom is 0.231 e. The molecule has 2 aromatic carbocycles. The zero-order chi connectivity index (χ0) is 15.6. The number of nitrogens with one attached hydrogen (secondary N) is 1. The number of benzene rings is 2. The predicted molar refractivity (Wildman–Crippen MR) is 93.3 cm³/mol. The van der Waals surface area contributed by atoms with Gasteiger partial charge in [-0.25, -0.2) is 0 Å². The van der Waals surface area contributed by atoms with Crippen LogP contribution in [0, 0.1) is 6.92 Å². The molecule has 1 N–H and O–H groups in total. The van der Waals surface area contributed by atoms with Gasteiger partial charge in [0.25, 0.3) is 0 Å². The fraction of sp³-hybridized carbons (Fsp3) is 0.263. The largest absolute Gasteiger partial charge is 0.454 e. The third-order valence-electron chi connectivity index (χ3n) is 4.12. The number of aryl methyl sites for hydroxylation is 1. The lowest BCUT2D eigenvalue weighted by atomic mass is 9.99. The van der Waals surface area contributed by atoms with Crippen molar-refractivity contribution in [2.45, 2.75) is 23.1 Å². The van der Waals surface area contributed by atoms with Gasteiger partial charge in [-0.15, -0.1) is 0 Å². The predicted octanol–water partition coefficient (Wildman–Crippen LogP) is 4.25. The summed E-state index contributed by atoms with van der Waals surface area (Å²) in [6.07, 6.45) is 3.39. The molecule has 2 aliphatic rings. The maximum absolute atomic E-state index is 5.49. The van der Waals surface area contributed by atoms with Crippen molar-refractivity contribution in [1.82, 2.24) is 5.32 Å². The summed E-state index contributed by atoms with van der Waals surface area (Å²) in [5, 5.41) is 3.38. The van der Waals surface area contributed by atoms with Gasteiger partial charge in [-0.05, 0) is 55.3 Å². The lowest BCUT2D eigenvalue weighted by Gasteiger charge is -2.18. The SMILES string of the molecule is Cc1ccc(Sc2ccc3c(c2)OCO3)c(C2=CCNCC2)c1. The average molecular weight is 325 g/mol. The molecular weight excluding hydrogens is 306 g/mol. The van der Waals surface area contributed by atoms with Gasteiger partial charge in [-0.2, -0.15) is 0 Å². The van der Waals surface area contributed by atoms with Gasteiger partial charge in [-0.3, -0.25) is 0 Å². The highest BCUT2D eigenvalue weighted by atomic mass is 32.2. The molecule has 0 fully saturated rings. The smallest absolute Gasteiger partial charge is 0.231 e. The Hall–Kier alpha value is -1.91. The van der Waals surface area contributed by atoms with Crippen LogP contribution in [0.25, 0.3) is 5.57 Å². The summed E-state index contributed by atoms with van der Waals surface area (Å²) in [6, 6.07) is 12.9. The van der Waals surface area contributed by atoms with Gasteiger partial charge in [0.15, 0.2) is 11.5 Å². The monoisotopic (exact) mass is 325 g/mol. The van der Waals surface area contributed by atoms with Crippen LogP contribution in [-0.2, 0) is 0 Å². The first-order valence-corrected chi connectivity index (χ1v) is 8.69. The molecule has 118 valence electrons. The standard InChI is InChI=1S/C19H19NO2S/c1-13-2-5-19(16(10-13)14-6-8-20-9-7-14)23-15-3-4-17-18(11-15)22-12-21-17/h2-6,10-11,20H,7-9,12H2,1H3. The van der Waals surface area contributed by atoms with Crippen molar-refractivity contribution in [2.75, 3.05) is 19.9 Å². The number of rotatable bonds is 3. The van der Waals surface area contributed by atoms with E-state index in [1.807, 2.05) is 6.07 Å². The topological polar surface area (TPSA) is 30.5 Å². The van der Waals surface area contributed by atoms with E-state index >= 15 is 0 Å². The molecular formula is C19H19NO2S. The minimum Gasteiger partial charge on any atom is -0.454 e. The fourth-order valence-electron chi connectivity index (χ4n) is 2.92. The van der Waals surface area contributed by atoms with Gasteiger partial charge < -0.3 is 14.8 Å². The van der Waals surface area contributed by atoms with Crippen molar-refractivity contribution in [1.29, 1.82) is 0 Å². The third-order valence-corrected chi connectivity index (χ3v) is 5.18. The van der Waals surface area contributed by atoms with E-state index in [1.165, 1.54) is 26.5 Å². The molecule has 0 radical (unpaired) electrons. The van der Waals surface area contributed by atoms with E-state index in [1.54, 1.807) is 11.8 Å². The number of fused-ring (bicyclic) bond motifs is 1. The van der Waals surface area contributed by atoms with E-state index in [2.05, 4.69) is 48.6 Å². The van der Waals surface area contributed by atoms with Crippen LogP contribution in [0.3, 0.4) is 0 Å². The minimum atomic E-state index is 0.319. The van der Waals surface area contributed by atoms with E-state index in [9.17, 15) is 0 Å². The summed E-state index contributed by atoms with van der Waals surface area (Å²) >= 11 is 1.79. The first kappa shape index (κ1) is 14.7. The van der Waals surface area contributed by atoms with Crippen LogP contribution in [-0.4, -0.2) is 19.9 Å². The second kappa shape index (κ2) is 6.30. The Morgan fingerprint density at radius 3 is 2.83 bits per heavy atom. The van der Waals surface area contributed by atoms with Crippen molar-refractivity contribution in [3.63, 3.8) is 0 Å². The highest BCUT2D eigenvalue weighted by molar-refractivity contribution is 7.99. The second-order valence-electron chi connectivity index (χ2n) is 5.80. The fourth-order valence-corrected chi connectivity index (χ4v) is 3.91. The molecule has 3 nitrogen and oxygen atoms in total. The van der Waals surface area contributed by atoms with Crippen molar-refractivity contribution < 1.29 is 9.47 Å². The van der Waals surface area contributed by atoms with E-state index in [4.69, 9.17) is 9.47 Å².